The van der Waals surface area contributed by atoms with Crippen LogP contribution in [0.25, 0.3) is 0 Å². The van der Waals surface area contributed by atoms with Crippen LogP contribution in [0, 0.1) is 11.8 Å². The molecule has 0 bridgehead atoms. The Morgan fingerprint density at radius 2 is 2.05 bits per heavy atom. The van der Waals surface area contributed by atoms with E-state index in [2.05, 4.69) is 10.3 Å². The Bertz CT molecular complexity index is 450. The fraction of sp³-hybridized carbons (Fsp3) is 0.933. The summed E-state index contributed by atoms with van der Waals surface area (Å²) in [6, 6.07) is 0.0772. The van der Waals surface area contributed by atoms with Crippen LogP contribution in [0.5, 0.6) is 0 Å². The van der Waals surface area contributed by atoms with Crippen LogP contribution < -0.4 is 11.1 Å². The van der Waals surface area contributed by atoms with Crippen LogP contribution in [0.15, 0.2) is 4.99 Å². The molecule has 2 aliphatic heterocycles. The fourth-order valence-corrected chi connectivity index (χ4v) is 4.73. The largest absolute Gasteiger partial charge is 0.385 e. The van der Waals surface area contributed by atoms with Gasteiger partial charge in [-0.15, -0.1) is 11.6 Å². The van der Waals surface area contributed by atoms with Crippen molar-refractivity contribution in [1.82, 2.24) is 5.32 Å². The van der Waals surface area contributed by atoms with Gasteiger partial charge in [0.05, 0.1) is 12.1 Å². The number of nitrogens with one attached hydrogen (secondary N) is 1. The predicted octanol–water partition coefficient (Wildman–Crippen LogP) is 0.461. The smallest absolute Gasteiger partial charge is 0.131 e. The molecule has 2 heterocycles. The third-order valence-corrected chi connectivity index (χ3v) is 6.04. The maximum Gasteiger partial charge on any atom is 0.131 e. The Morgan fingerprint density at radius 1 is 1.27 bits per heavy atom. The Morgan fingerprint density at radius 3 is 2.73 bits per heavy atom. The van der Waals surface area contributed by atoms with E-state index in [0.29, 0.717) is 18.8 Å². The second kappa shape index (κ2) is 6.24. The van der Waals surface area contributed by atoms with Gasteiger partial charge in [-0.3, -0.25) is 10.3 Å². The Kier molecular flexibility index (Phi) is 4.67. The number of hydrogen-bond acceptors (Lipinski definition) is 6. The first-order valence-electron chi connectivity index (χ1n) is 7.99. The average Bonchev–Trinajstić information content (AvgIpc) is 2.79. The van der Waals surface area contributed by atoms with Gasteiger partial charge in [0.2, 0.25) is 0 Å². The summed E-state index contributed by atoms with van der Waals surface area (Å²) < 4.78 is 11.0. The molecule has 4 N–H and O–H groups in total. The van der Waals surface area contributed by atoms with Crippen molar-refractivity contribution in [2.24, 2.45) is 22.6 Å². The molecule has 22 heavy (non-hydrogen) atoms. The molecule has 126 valence electrons. The number of halogens is 1. The minimum atomic E-state index is -1.15. The lowest BCUT2D eigenvalue weighted by atomic mass is 9.66. The number of aliphatic imine (C=N–C) groups is 1. The highest BCUT2D eigenvalue weighted by atomic mass is 35.5. The molecular weight excluding hydrogens is 306 g/mol. The molecule has 3 rings (SSSR count). The molecule has 0 radical (unpaired) electrons. The number of alkyl halides is 1. The summed E-state index contributed by atoms with van der Waals surface area (Å²) in [7, 11) is 3.33. The summed E-state index contributed by atoms with van der Waals surface area (Å²) in [5.41, 5.74) is 5.04. The molecule has 0 spiro atoms. The van der Waals surface area contributed by atoms with Crippen molar-refractivity contribution < 1.29 is 14.6 Å². The zero-order chi connectivity index (χ0) is 15.9. The van der Waals surface area contributed by atoms with E-state index in [1.165, 1.54) is 0 Å². The van der Waals surface area contributed by atoms with Crippen LogP contribution in [0.1, 0.15) is 25.7 Å². The quantitative estimate of drug-likeness (QED) is 0.654. The van der Waals surface area contributed by atoms with Gasteiger partial charge in [0, 0.05) is 38.0 Å². The second-order valence-corrected chi connectivity index (χ2v) is 7.29. The van der Waals surface area contributed by atoms with E-state index in [1.807, 2.05) is 0 Å². The van der Waals surface area contributed by atoms with E-state index < -0.39 is 5.60 Å². The van der Waals surface area contributed by atoms with Crippen LogP contribution in [0.3, 0.4) is 0 Å². The molecule has 1 aliphatic carbocycles. The molecule has 7 unspecified atom stereocenters. The van der Waals surface area contributed by atoms with Gasteiger partial charge in [0.25, 0.3) is 0 Å². The minimum absolute atomic E-state index is 0.0259. The highest BCUT2D eigenvalue weighted by Crippen LogP contribution is 2.47. The number of rotatable bonds is 3. The molecule has 6 nitrogen and oxygen atoms in total. The van der Waals surface area contributed by atoms with Crippen LogP contribution in [-0.2, 0) is 9.47 Å². The van der Waals surface area contributed by atoms with Crippen molar-refractivity contribution in [3.8, 4) is 0 Å². The molecule has 2 fully saturated rings. The molecule has 7 atom stereocenters. The summed E-state index contributed by atoms with van der Waals surface area (Å²) in [6.07, 6.45) is 2.96. The van der Waals surface area contributed by atoms with Gasteiger partial charge in [0.15, 0.2) is 0 Å². The number of ether oxygens (including phenoxy) is 2. The highest BCUT2D eigenvalue weighted by molar-refractivity contribution is 6.20. The topological polar surface area (TPSA) is 89.1 Å². The van der Waals surface area contributed by atoms with Crippen molar-refractivity contribution in [3.63, 3.8) is 0 Å². The van der Waals surface area contributed by atoms with Gasteiger partial charge >= 0.3 is 0 Å². The standard InChI is InChI=1S/C15H26ClN3O3/c1-21-12-7-18-13(22-2)6-10(12)15(20)9-5-8(16)3-4-11(9)19-14(15)17/h8-13,18,20H,3-7H2,1-2H3,(H2,17,19). The molecule has 0 aromatic rings. The van der Waals surface area contributed by atoms with Crippen LogP contribution in [0.2, 0.25) is 0 Å². The normalized spacial score (nSPS) is 48.8. The number of amidine groups is 1. The van der Waals surface area contributed by atoms with Crippen molar-refractivity contribution in [2.45, 2.75) is 55.0 Å². The Hall–Kier alpha value is -0.400. The lowest BCUT2D eigenvalue weighted by Gasteiger charge is -2.47. The summed E-state index contributed by atoms with van der Waals surface area (Å²) in [5, 5.41) is 14.9. The number of piperidine rings is 1. The fourth-order valence-electron chi connectivity index (χ4n) is 4.41. The van der Waals surface area contributed by atoms with Gasteiger partial charge in [-0.2, -0.15) is 0 Å². The van der Waals surface area contributed by atoms with Gasteiger partial charge in [-0.1, -0.05) is 0 Å². The molecule has 1 saturated carbocycles. The van der Waals surface area contributed by atoms with Crippen molar-refractivity contribution in [2.75, 3.05) is 20.8 Å². The Labute approximate surface area is 136 Å². The first-order chi connectivity index (χ1) is 10.5. The SMILES string of the molecule is COC1CC(C2(O)C(N)=NC3CCC(Cl)CC32)C(OC)CN1. The average molecular weight is 332 g/mol. The van der Waals surface area contributed by atoms with Crippen LogP contribution in [-0.4, -0.2) is 61.1 Å². The van der Waals surface area contributed by atoms with E-state index in [9.17, 15) is 5.11 Å². The molecular formula is C15H26ClN3O3. The number of nitrogens with zero attached hydrogens (tertiary/aromatic N) is 1. The summed E-state index contributed by atoms with van der Waals surface area (Å²) in [6.45, 7) is 0.622. The highest BCUT2D eigenvalue weighted by Gasteiger charge is 2.58. The maximum absolute atomic E-state index is 11.5. The third-order valence-electron chi connectivity index (χ3n) is 5.65. The molecule has 0 aromatic heterocycles. The Balaban J connectivity index is 1.90. The zero-order valence-corrected chi connectivity index (χ0v) is 13.9. The van der Waals surface area contributed by atoms with E-state index in [4.69, 9.17) is 26.8 Å². The third kappa shape index (κ3) is 2.55. The molecule has 3 aliphatic rings. The number of fused-ring (bicyclic) bond motifs is 1. The summed E-state index contributed by atoms with van der Waals surface area (Å²) >= 11 is 6.35. The van der Waals surface area contributed by atoms with Crippen LogP contribution in [0.4, 0.5) is 0 Å². The molecule has 0 amide bonds. The van der Waals surface area contributed by atoms with Crippen molar-refractivity contribution >= 4 is 17.4 Å². The predicted molar refractivity (Wildman–Crippen MR) is 85.0 cm³/mol. The lowest BCUT2D eigenvalue weighted by Crippen LogP contribution is -2.63. The number of hydrogen-bond donors (Lipinski definition) is 3. The number of aliphatic hydroxyl groups is 1. The first kappa shape index (κ1) is 16.5. The number of nitrogens with two attached hydrogens (primary N) is 1. The minimum Gasteiger partial charge on any atom is -0.385 e. The zero-order valence-electron chi connectivity index (χ0n) is 13.2. The summed E-state index contributed by atoms with van der Waals surface area (Å²) in [5.74, 6) is 0.170. The molecule has 1 saturated heterocycles. The summed E-state index contributed by atoms with van der Waals surface area (Å²) in [4.78, 5) is 4.56. The second-order valence-electron chi connectivity index (χ2n) is 6.67. The van der Waals surface area contributed by atoms with Crippen LogP contribution >= 0.6 is 11.6 Å². The first-order valence-corrected chi connectivity index (χ1v) is 8.43. The maximum atomic E-state index is 11.5. The van der Waals surface area contributed by atoms with Gasteiger partial charge in [0.1, 0.15) is 17.7 Å². The molecule has 7 heteroatoms. The van der Waals surface area contributed by atoms with Gasteiger partial charge in [-0.05, 0) is 25.7 Å². The molecule has 0 aromatic carbocycles. The van der Waals surface area contributed by atoms with E-state index in [0.717, 1.165) is 19.3 Å². The van der Waals surface area contributed by atoms with E-state index >= 15 is 0 Å². The van der Waals surface area contributed by atoms with Gasteiger partial charge < -0.3 is 20.3 Å². The van der Waals surface area contributed by atoms with Gasteiger partial charge in [-0.25, -0.2) is 0 Å². The van der Waals surface area contributed by atoms with E-state index in [-0.39, 0.29) is 35.6 Å². The van der Waals surface area contributed by atoms with Crippen molar-refractivity contribution in [3.05, 3.63) is 0 Å². The van der Waals surface area contributed by atoms with Crippen molar-refractivity contribution in [1.29, 1.82) is 0 Å². The number of methoxy groups -OCH3 is 2. The van der Waals surface area contributed by atoms with E-state index in [1.54, 1.807) is 14.2 Å². The monoisotopic (exact) mass is 331 g/mol. The lowest BCUT2D eigenvalue weighted by molar-refractivity contribution is -0.120.